The molecule has 1 aromatic rings. The molecular formula is C12H20N4O. The molecule has 2 heterocycles. The Balaban J connectivity index is 1.88. The first-order chi connectivity index (χ1) is 8.29. The number of likely N-dealkylation sites (tertiary alicyclic amines) is 1. The van der Waals surface area contributed by atoms with Crippen LogP contribution in [0, 0.1) is 5.92 Å². The van der Waals surface area contributed by atoms with Crippen molar-refractivity contribution < 1.29 is 4.52 Å². The number of hydrogen-bond donors (Lipinski definition) is 1. The highest BCUT2D eigenvalue weighted by molar-refractivity contribution is 5.79. The monoisotopic (exact) mass is 236 g/mol. The first-order valence-corrected chi connectivity index (χ1v) is 6.14. The Kier molecular flexibility index (Phi) is 4.01. The van der Waals surface area contributed by atoms with Crippen molar-refractivity contribution in [3.63, 3.8) is 0 Å². The summed E-state index contributed by atoms with van der Waals surface area (Å²) in [5.74, 6) is 1.70. The van der Waals surface area contributed by atoms with E-state index in [2.05, 4.69) is 27.3 Å². The fourth-order valence-corrected chi connectivity index (χ4v) is 2.21. The highest BCUT2D eigenvalue weighted by atomic mass is 16.5. The first-order valence-electron chi connectivity index (χ1n) is 6.14. The van der Waals surface area contributed by atoms with Crippen molar-refractivity contribution in [1.82, 2.24) is 15.4 Å². The predicted molar refractivity (Wildman–Crippen MR) is 66.7 cm³/mol. The van der Waals surface area contributed by atoms with E-state index < -0.39 is 0 Å². The molecule has 1 unspecified atom stereocenters. The van der Waals surface area contributed by atoms with Gasteiger partial charge in [-0.3, -0.25) is 4.99 Å². The van der Waals surface area contributed by atoms with E-state index in [1.54, 1.807) is 6.26 Å². The minimum absolute atomic E-state index is 0.661. The summed E-state index contributed by atoms with van der Waals surface area (Å²) in [4.78, 5) is 6.63. The Hall–Kier alpha value is -1.52. The van der Waals surface area contributed by atoms with Gasteiger partial charge in [0, 0.05) is 26.2 Å². The molecule has 0 bridgehead atoms. The molecule has 5 heteroatoms. The molecule has 1 saturated heterocycles. The second kappa shape index (κ2) is 5.70. The van der Waals surface area contributed by atoms with Gasteiger partial charge in [0.15, 0.2) is 5.96 Å². The Morgan fingerprint density at radius 1 is 1.71 bits per heavy atom. The van der Waals surface area contributed by atoms with Crippen molar-refractivity contribution >= 4 is 5.96 Å². The van der Waals surface area contributed by atoms with Gasteiger partial charge in [-0.15, -0.1) is 0 Å². The molecule has 1 aliphatic rings. The van der Waals surface area contributed by atoms with Gasteiger partial charge in [-0.2, -0.15) is 0 Å². The normalized spacial score (nSPS) is 21.6. The van der Waals surface area contributed by atoms with Gasteiger partial charge in [-0.05, 0) is 18.8 Å². The van der Waals surface area contributed by atoms with Crippen LogP contribution >= 0.6 is 0 Å². The fraction of sp³-hybridized carbons (Fsp3) is 0.667. The van der Waals surface area contributed by atoms with Gasteiger partial charge in [0.2, 0.25) is 0 Å². The topological polar surface area (TPSA) is 53.7 Å². The van der Waals surface area contributed by atoms with Gasteiger partial charge in [0.05, 0.1) is 6.54 Å². The summed E-state index contributed by atoms with van der Waals surface area (Å²) < 4.78 is 4.80. The maximum atomic E-state index is 4.80. The second-order valence-electron chi connectivity index (χ2n) is 4.58. The Morgan fingerprint density at radius 2 is 2.59 bits per heavy atom. The van der Waals surface area contributed by atoms with Crippen molar-refractivity contribution in [1.29, 1.82) is 0 Å². The van der Waals surface area contributed by atoms with Crippen LogP contribution in [0.3, 0.4) is 0 Å². The van der Waals surface area contributed by atoms with Gasteiger partial charge < -0.3 is 14.7 Å². The minimum Gasteiger partial charge on any atom is -0.364 e. The zero-order chi connectivity index (χ0) is 12.1. The standard InChI is InChI=1S/C12H20N4O/c1-10-4-3-6-16(9-10)12(13-2)14-8-11-5-7-17-15-11/h5,7,10H,3-4,6,8-9H2,1-2H3,(H,13,14). The molecular weight excluding hydrogens is 216 g/mol. The summed E-state index contributed by atoms with van der Waals surface area (Å²) in [6.07, 6.45) is 4.14. The van der Waals surface area contributed by atoms with Crippen molar-refractivity contribution in [3.8, 4) is 0 Å². The van der Waals surface area contributed by atoms with Crippen LogP contribution in [0.5, 0.6) is 0 Å². The van der Waals surface area contributed by atoms with Gasteiger partial charge in [-0.1, -0.05) is 12.1 Å². The lowest BCUT2D eigenvalue weighted by Gasteiger charge is -2.33. The molecule has 0 radical (unpaired) electrons. The fourth-order valence-electron chi connectivity index (χ4n) is 2.21. The summed E-state index contributed by atoms with van der Waals surface area (Å²) in [5, 5.41) is 7.19. The molecule has 94 valence electrons. The van der Waals surface area contributed by atoms with E-state index in [1.165, 1.54) is 12.8 Å². The molecule has 0 aliphatic carbocycles. The van der Waals surface area contributed by atoms with E-state index in [-0.39, 0.29) is 0 Å². The molecule has 1 fully saturated rings. The highest BCUT2D eigenvalue weighted by Crippen LogP contribution is 2.15. The SMILES string of the molecule is CN=C(NCc1ccon1)N1CCCC(C)C1. The zero-order valence-electron chi connectivity index (χ0n) is 10.5. The summed E-state index contributed by atoms with van der Waals surface area (Å²) in [6.45, 7) is 5.12. The number of nitrogens with one attached hydrogen (secondary N) is 1. The van der Waals surface area contributed by atoms with Crippen LogP contribution in [0.15, 0.2) is 21.8 Å². The van der Waals surface area contributed by atoms with E-state index in [0.717, 1.165) is 30.7 Å². The quantitative estimate of drug-likeness (QED) is 0.624. The molecule has 0 saturated carbocycles. The average molecular weight is 236 g/mol. The van der Waals surface area contributed by atoms with Crippen molar-refractivity contribution in [2.45, 2.75) is 26.3 Å². The first kappa shape index (κ1) is 12.0. The molecule has 1 aromatic heterocycles. The number of aromatic nitrogens is 1. The average Bonchev–Trinajstić information content (AvgIpc) is 2.83. The molecule has 0 spiro atoms. The van der Waals surface area contributed by atoms with Crippen molar-refractivity contribution in [3.05, 3.63) is 18.0 Å². The maximum Gasteiger partial charge on any atom is 0.193 e. The van der Waals surface area contributed by atoms with Crippen LogP contribution in [0.2, 0.25) is 0 Å². The third-order valence-electron chi connectivity index (χ3n) is 3.09. The highest BCUT2D eigenvalue weighted by Gasteiger charge is 2.19. The maximum absolute atomic E-state index is 4.80. The molecule has 17 heavy (non-hydrogen) atoms. The Labute approximate surface area is 102 Å². The molecule has 0 aromatic carbocycles. The number of nitrogens with zero attached hydrogens (tertiary/aromatic N) is 3. The number of piperidine rings is 1. The Bertz CT molecular complexity index is 361. The Morgan fingerprint density at radius 3 is 3.24 bits per heavy atom. The van der Waals surface area contributed by atoms with Gasteiger partial charge in [-0.25, -0.2) is 0 Å². The number of hydrogen-bond acceptors (Lipinski definition) is 3. The number of rotatable bonds is 2. The van der Waals surface area contributed by atoms with Crippen LogP contribution < -0.4 is 5.32 Å². The molecule has 2 rings (SSSR count). The second-order valence-corrected chi connectivity index (χ2v) is 4.58. The number of guanidine groups is 1. The van der Waals surface area contributed by atoms with Crippen LogP contribution in [0.1, 0.15) is 25.5 Å². The van der Waals surface area contributed by atoms with Crippen molar-refractivity contribution in [2.24, 2.45) is 10.9 Å². The third kappa shape index (κ3) is 3.22. The van der Waals surface area contributed by atoms with Gasteiger partial charge >= 0.3 is 0 Å². The summed E-state index contributed by atoms with van der Waals surface area (Å²) in [5.41, 5.74) is 0.899. The minimum atomic E-state index is 0.661. The van der Waals surface area contributed by atoms with E-state index in [0.29, 0.717) is 6.54 Å². The van der Waals surface area contributed by atoms with E-state index >= 15 is 0 Å². The largest absolute Gasteiger partial charge is 0.364 e. The molecule has 1 atom stereocenters. The van der Waals surface area contributed by atoms with Gasteiger partial charge in [0.1, 0.15) is 12.0 Å². The van der Waals surface area contributed by atoms with E-state index in [4.69, 9.17) is 4.52 Å². The van der Waals surface area contributed by atoms with Crippen molar-refractivity contribution in [2.75, 3.05) is 20.1 Å². The van der Waals surface area contributed by atoms with Crippen LogP contribution in [-0.2, 0) is 6.54 Å². The lowest BCUT2D eigenvalue weighted by molar-refractivity contribution is 0.265. The summed E-state index contributed by atoms with van der Waals surface area (Å²) in [6, 6.07) is 1.86. The lowest BCUT2D eigenvalue weighted by Crippen LogP contribution is -2.45. The van der Waals surface area contributed by atoms with E-state index in [1.807, 2.05) is 13.1 Å². The summed E-state index contributed by atoms with van der Waals surface area (Å²) >= 11 is 0. The van der Waals surface area contributed by atoms with Gasteiger partial charge in [0.25, 0.3) is 0 Å². The lowest BCUT2D eigenvalue weighted by atomic mass is 10.0. The predicted octanol–water partition coefficient (Wildman–Crippen LogP) is 1.48. The molecule has 1 N–H and O–H groups in total. The smallest absolute Gasteiger partial charge is 0.193 e. The zero-order valence-corrected chi connectivity index (χ0v) is 10.5. The van der Waals surface area contributed by atoms with E-state index in [9.17, 15) is 0 Å². The van der Waals surface area contributed by atoms with Crippen LogP contribution in [0.4, 0.5) is 0 Å². The molecule has 1 aliphatic heterocycles. The van der Waals surface area contributed by atoms with Crippen LogP contribution in [-0.4, -0.2) is 36.2 Å². The van der Waals surface area contributed by atoms with Crippen LogP contribution in [0.25, 0.3) is 0 Å². The molecule has 5 nitrogen and oxygen atoms in total. The summed E-state index contributed by atoms with van der Waals surface area (Å²) in [7, 11) is 1.82. The molecule has 0 amide bonds. The number of aliphatic imine (C=N–C) groups is 1. The third-order valence-corrected chi connectivity index (χ3v) is 3.09.